The van der Waals surface area contributed by atoms with Crippen LogP contribution in [0.15, 0.2) is 0 Å². The molecule has 9 heteroatoms. The van der Waals surface area contributed by atoms with E-state index < -0.39 is 33.1 Å². The Morgan fingerprint density at radius 3 is 2.62 bits per heavy atom. The number of nitrogens with one attached hydrogen (secondary N) is 2. The average molecular weight is 325 g/mol. The van der Waals surface area contributed by atoms with E-state index in [1.54, 1.807) is 6.92 Å². The van der Waals surface area contributed by atoms with Gasteiger partial charge in [0.05, 0.1) is 5.25 Å². The van der Waals surface area contributed by atoms with E-state index in [1.165, 1.54) is 4.90 Å². The molecule has 0 radical (unpaired) electrons. The summed E-state index contributed by atoms with van der Waals surface area (Å²) in [5, 5.41) is 1.87. The van der Waals surface area contributed by atoms with Gasteiger partial charge < -0.3 is 10.2 Å². The summed E-state index contributed by atoms with van der Waals surface area (Å²) >= 11 is 0. The number of urea groups is 1. The van der Waals surface area contributed by atoms with Crippen LogP contribution < -0.4 is 10.0 Å². The third kappa shape index (κ3) is 3.63. The Balaban J connectivity index is 1.83. The lowest BCUT2D eigenvalue weighted by molar-refractivity contribution is 0.0620. The fraction of sp³-hybridized carbons (Fsp3) is 0.917. The monoisotopic (exact) mass is 325 g/mol. The SMILES string of the molecule is CCNS(=O)(=O)C1CCN(C(=O)NCC2(C(F)F)CC2)C1. The number of amides is 2. The van der Waals surface area contributed by atoms with Gasteiger partial charge in [0.1, 0.15) is 0 Å². The van der Waals surface area contributed by atoms with Gasteiger partial charge in [-0.1, -0.05) is 6.92 Å². The molecular weight excluding hydrogens is 304 g/mol. The summed E-state index contributed by atoms with van der Waals surface area (Å²) in [6, 6.07) is -0.462. The first kappa shape index (κ1) is 16.4. The lowest BCUT2D eigenvalue weighted by atomic mass is 10.1. The molecule has 0 aromatic rings. The first-order valence-corrected chi connectivity index (χ1v) is 8.65. The van der Waals surface area contributed by atoms with Crippen molar-refractivity contribution in [2.75, 3.05) is 26.2 Å². The predicted octanol–water partition coefficient (Wildman–Crippen LogP) is 0.755. The summed E-state index contributed by atoms with van der Waals surface area (Å²) in [7, 11) is -3.41. The first-order chi connectivity index (χ1) is 9.81. The van der Waals surface area contributed by atoms with Gasteiger partial charge in [0, 0.05) is 31.6 Å². The Morgan fingerprint density at radius 2 is 2.10 bits per heavy atom. The van der Waals surface area contributed by atoms with Gasteiger partial charge in [-0.25, -0.2) is 26.7 Å². The number of hydrogen-bond acceptors (Lipinski definition) is 3. The van der Waals surface area contributed by atoms with Gasteiger partial charge in [-0.05, 0) is 19.3 Å². The molecule has 1 saturated heterocycles. The Morgan fingerprint density at radius 1 is 1.43 bits per heavy atom. The molecule has 1 heterocycles. The summed E-state index contributed by atoms with van der Waals surface area (Å²) in [5.41, 5.74) is -1.06. The fourth-order valence-corrected chi connectivity index (χ4v) is 3.91. The van der Waals surface area contributed by atoms with E-state index >= 15 is 0 Å². The van der Waals surface area contributed by atoms with E-state index in [0.717, 1.165) is 0 Å². The van der Waals surface area contributed by atoms with Crippen LogP contribution in [0, 0.1) is 5.41 Å². The summed E-state index contributed by atoms with van der Waals surface area (Å²) in [6.07, 6.45) is -1.23. The number of likely N-dealkylation sites (tertiary alicyclic amines) is 1. The maximum atomic E-state index is 12.8. The molecule has 6 nitrogen and oxygen atoms in total. The van der Waals surface area contributed by atoms with Crippen molar-refractivity contribution in [3.05, 3.63) is 0 Å². The van der Waals surface area contributed by atoms with E-state index in [4.69, 9.17) is 0 Å². The highest BCUT2D eigenvalue weighted by Crippen LogP contribution is 2.50. The lowest BCUT2D eigenvalue weighted by Gasteiger charge is -2.20. The maximum absolute atomic E-state index is 12.8. The Hall–Kier alpha value is -0.960. The second-order valence-electron chi connectivity index (χ2n) is 5.72. The van der Waals surface area contributed by atoms with Crippen LogP contribution in [0.5, 0.6) is 0 Å². The second-order valence-corrected chi connectivity index (χ2v) is 7.77. The third-order valence-corrected chi connectivity index (χ3v) is 6.12. The lowest BCUT2D eigenvalue weighted by Crippen LogP contribution is -2.44. The molecule has 1 atom stereocenters. The van der Waals surface area contributed by atoms with Crippen molar-refractivity contribution < 1.29 is 22.0 Å². The van der Waals surface area contributed by atoms with Crippen LogP contribution in [0.3, 0.4) is 0 Å². The normalized spacial score (nSPS) is 24.4. The molecule has 1 aliphatic heterocycles. The van der Waals surface area contributed by atoms with Crippen molar-refractivity contribution >= 4 is 16.1 Å². The van der Waals surface area contributed by atoms with E-state index in [1.807, 2.05) is 0 Å². The van der Waals surface area contributed by atoms with E-state index in [2.05, 4.69) is 10.0 Å². The smallest absolute Gasteiger partial charge is 0.317 e. The van der Waals surface area contributed by atoms with Crippen LogP contribution >= 0.6 is 0 Å². The number of nitrogens with zero attached hydrogens (tertiary/aromatic N) is 1. The molecular formula is C12H21F2N3O3S. The quantitative estimate of drug-likeness (QED) is 0.756. The highest BCUT2D eigenvalue weighted by Gasteiger charge is 2.51. The Kier molecular flexibility index (Phi) is 4.72. The summed E-state index contributed by atoms with van der Waals surface area (Å²) < 4.78 is 51.6. The number of halogens is 2. The first-order valence-electron chi connectivity index (χ1n) is 7.10. The standard InChI is InChI=1S/C12H21F2N3O3S/c1-2-16-21(19,20)9-3-6-17(7-9)11(18)15-8-12(4-5-12)10(13)14/h9-10,16H,2-8H2,1H3,(H,15,18). The van der Waals surface area contributed by atoms with Gasteiger partial charge in [0.25, 0.3) is 0 Å². The number of rotatable bonds is 6. The van der Waals surface area contributed by atoms with Crippen molar-refractivity contribution in [3.8, 4) is 0 Å². The van der Waals surface area contributed by atoms with Crippen molar-refractivity contribution in [3.63, 3.8) is 0 Å². The van der Waals surface area contributed by atoms with Gasteiger partial charge in [-0.3, -0.25) is 0 Å². The molecule has 0 aromatic carbocycles. The van der Waals surface area contributed by atoms with E-state index in [9.17, 15) is 22.0 Å². The van der Waals surface area contributed by atoms with Crippen molar-refractivity contribution in [1.29, 1.82) is 0 Å². The topological polar surface area (TPSA) is 78.5 Å². The maximum Gasteiger partial charge on any atom is 0.317 e. The molecule has 2 aliphatic rings. The average Bonchev–Trinajstić information content (AvgIpc) is 3.03. The van der Waals surface area contributed by atoms with Crippen LogP contribution in [0.25, 0.3) is 0 Å². The molecule has 21 heavy (non-hydrogen) atoms. The van der Waals surface area contributed by atoms with Crippen molar-refractivity contribution in [1.82, 2.24) is 14.9 Å². The number of carbonyl (C=O) groups is 1. The van der Waals surface area contributed by atoms with Gasteiger partial charge in [-0.15, -0.1) is 0 Å². The third-order valence-electron chi connectivity index (χ3n) is 4.16. The highest BCUT2D eigenvalue weighted by molar-refractivity contribution is 7.90. The van der Waals surface area contributed by atoms with Crippen LogP contribution in [0.1, 0.15) is 26.2 Å². The minimum absolute atomic E-state index is 0.0510. The van der Waals surface area contributed by atoms with Crippen molar-refractivity contribution in [2.45, 2.75) is 37.9 Å². The molecule has 1 unspecified atom stereocenters. The molecule has 0 spiro atoms. The summed E-state index contributed by atoms with van der Waals surface area (Å²) in [5.74, 6) is 0. The van der Waals surface area contributed by atoms with Gasteiger partial charge in [0.2, 0.25) is 16.4 Å². The van der Waals surface area contributed by atoms with E-state index in [-0.39, 0.29) is 13.1 Å². The predicted molar refractivity (Wildman–Crippen MR) is 73.6 cm³/mol. The largest absolute Gasteiger partial charge is 0.337 e. The molecule has 0 bridgehead atoms. The molecule has 122 valence electrons. The van der Waals surface area contributed by atoms with Crippen LogP contribution in [0.2, 0.25) is 0 Å². The highest BCUT2D eigenvalue weighted by atomic mass is 32.2. The molecule has 2 rings (SSSR count). The molecule has 1 aliphatic carbocycles. The Bertz CT molecular complexity index is 494. The van der Waals surface area contributed by atoms with Gasteiger partial charge in [0.15, 0.2) is 0 Å². The van der Waals surface area contributed by atoms with E-state index in [0.29, 0.717) is 32.4 Å². The number of carbonyl (C=O) groups excluding carboxylic acids is 1. The molecule has 2 amide bonds. The summed E-state index contributed by atoms with van der Waals surface area (Å²) in [4.78, 5) is 13.3. The van der Waals surface area contributed by atoms with Gasteiger partial charge >= 0.3 is 6.03 Å². The molecule has 2 N–H and O–H groups in total. The number of sulfonamides is 1. The van der Waals surface area contributed by atoms with Crippen LogP contribution in [0.4, 0.5) is 13.6 Å². The fourth-order valence-electron chi connectivity index (χ4n) is 2.48. The second kappa shape index (κ2) is 6.04. The Labute approximate surface area is 123 Å². The number of hydrogen-bond donors (Lipinski definition) is 2. The van der Waals surface area contributed by atoms with Crippen molar-refractivity contribution in [2.24, 2.45) is 5.41 Å². The van der Waals surface area contributed by atoms with Gasteiger partial charge in [-0.2, -0.15) is 0 Å². The zero-order chi connectivity index (χ0) is 15.7. The van der Waals surface area contributed by atoms with Crippen LogP contribution in [-0.4, -0.2) is 57.2 Å². The molecule has 1 saturated carbocycles. The molecule has 2 fully saturated rings. The minimum Gasteiger partial charge on any atom is -0.337 e. The minimum atomic E-state index is -3.41. The van der Waals surface area contributed by atoms with Crippen LogP contribution in [-0.2, 0) is 10.0 Å². The molecule has 0 aromatic heterocycles. The summed E-state index contributed by atoms with van der Waals surface area (Å²) in [6.45, 7) is 2.37. The zero-order valence-electron chi connectivity index (χ0n) is 11.9. The zero-order valence-corrected chi connectivity index (χ0v) is 12.8. The number of alkyl halides is 2.